The smallest absolute Gasteiger partial charge is 0.138 e. The van der Waals surface area contributed by atoms with Crippen LogP contribution in [-0.4, -0.2) is 9.97 Å². The standard InChI is InChI=1S/C22H18N2.H2/c1-2-6-12-17(11-5-1)20-21(18-13-7-3-8-14-18)24-22(23-20)19-15-9-4-10-16-19;/h1,3-16H,2H2,(H,23,24);1H. The van der Waals surface area contributed by atoms with Crippen molar-refractivity contribution in [1.82, 2.24) is 9.97 Å². The van der Waals surface area contributed by atoms with E-state index in [4.69, 9.17) is 4.98 Å². The summed E-state index contributed by atoms with van der Waals surface area (Å²) in [4.78, 5) is 8.44. The molecule has 1 aromatic heterocycles. The van der Waals surface area contributed by atoms with Crippen LogP contribution in [0.3, 0.4) is 0 Å². The molecule has 0 radical (unpaired) electrons. The number of H-pyrrole nitrogens is 1. The van der Waals surface area contributed by atoms with Gasteiger partial charge in [-0.1, -0.05) is 91.0 Å². The first-order valence-corrected chi connectivity index (χ1v) is 8.16. The molecule has 1 N–H and O–H groups in total. The highest BCUT2D eigenvalue weighted by Crippen LogP contribution is 2.31. The second-order valence-electron chi connectivity index (χ2n) is 5.73. The fraction of sp³-hybridized carbons (Fsp3) is 0.0455. The van der Waals surface area contributed by atoms with Gasteiger partial charge in [-0.15, -0.1) is 0 Å². The SMILES string of the molecule is C1=CCC=CC(c2nc(-c3ccccc3)[nH]c2-c2ccccc2)=C1.[HH]. The lowest BCUT2D eigenvalue weighted by Gasteiger charge is -2.03. The van der Waals surface area contributed by atoms with E-state index in [0.717, 1.165) is 40.3 Å². The van der Waals surface area contributed by atoms with Gasteiger partial charge in [0.25, 0.3) is 0 Å². The Morgan fingerprint density at radius 2 is 1.54 bits per heavy atom. The van der Waals surface area contributed by atoms with Gasteiger partial charge in [-0.05, 0) is 6.42 Å². The first kappa shape index (κ1) is 14.5. The minimum absolute atomic E-state index is 0. The van der Waals surface area contributed by atoms with Crippen molar-refractivity contribution >= 4 is 5.57 Å². The van der Waals surface area contributed by atoms with Crippen LogP contribution in [0.15, 0.2) is 91.0 Å². The predicted molar refractivity (Wildman–Crippen MR) is 102 cm³/mol. The summed E-state index contributed by atoms with van der Waals surface area (Å²) in [6.07, 6.45) is 11.6. The fourth-order valence-corrected chi connectivity index (χ4v) is 2.87. The molecule has 2 aromatic carbocycles. The summed E-state index contributed by atoms with van der Waals surface area (Å²) < 4.78 is 0. The highest BCUT2D eigenvalue weighted by Gasteiger charge is 2.15. The molecule has 118 valence electrons. The van der Waals surface area contributed by atoms with Gasteiger partial charge in [0.15, 0.2) is 0 Å². The lowest BCUT2D eigenvalue weighted by atomic mass is 10.0. The van der Waals surface area contributed by atoms with Gasteiger partial charge in [-0.2, -0.15) is 0 Å². The highest BCUT2D eigenvalue weighted by atomic mass is 14.9. The summed E-state index contributed by atoms with van der Waals surface area (Å²) >= 11 is 0. The number of hydrogen-bond acceptors (Lipinski definition) is 1. The van der Waals surface area contributed by atoms with Crippen molar-refractivity contribution < 1.29 is 1.43 Å². The Morgan fingerprint density at radius 3 is 2.29 bits per heavy atom. The van der Waals surface area contributed by atoms with Crippen LogP contribution in [0.2, 0.25) is 0 Å². The van der Waals surface area contributed by atoms with Crippen LogP contribution < -0.4 is 0 Å². The Labute approximate surface area is 143 Å². The average Bonchev–Trinajstić information content (AvgIpc) is 2.92. The number of benzene rings is 2. The Kier molecular flexibility index (Phi) is 3.95. The monoisotopic (exact) mass is 312 g/mol. The van der Waals surface area contributed by atoms with Gasteiger partial charge in [-0.3, -0.25) is 0 Å². The van der Waals surface area contributed by atoms with Crippen LogP contribution in [0.5, 0.6) is 0 Å². The molecule has 0 spiro atoms. The molecule has 1 aliphatic rings. The van der Waals surface area contributed by atoms with E-state index < -0.39 is 0 Å². The molecule has 0 unspecified atom stereocenters. The van der Waals surface area contributed by atoms with E-state index in [2.05, 4.69) is 71.8 Å². The molecule has 0 fully saturated rings. The summed E-state index contributed by atoms with van der Waals surface area (Å²) in [6.45, 7) is 0. The zero-order chi connectivity index (χ0) is 16.2. The van der Waals surface area contributed by atoms with Crippen molar-refractivity contribution in [2.24, 2.45) is 0 Å². The third-order valence-electron chi connectivity index (χ3n) is 4.07. The van der Waals surface area contributed by atoms with Crippen molar-refractivity contribution in [2.75, 3.05) is 0 Å². The molecule has 0 bridgehead atoms. The van der Waals surface area contributed by atoms with Crippen LogP contribution in [0.25, 0.3) is 28.2 Å². The van der Waals surface area contributed by atoms with E-state index in [9.17, 15) is 0 Å². The van der Waals surface area contributed by atoms with Crippen molar-refractivity contribution in [2.45, 2.75) is 6.42 Å². The molecule has 4 rings (SSSR count). The second-order valence-corrected chi connectivity index (χ2v) is 5.73. The summed E-state index contributed by atoms with van der Waals surface area (Å²) in [5, 5.41) is 0. The van der Waals surface area contributed by atoms with E-state index in [1.54, 1.807) is 0 Å². The van der Waals surface area contributed by atoms with Gasteiger partial charge < -0.3 is 4.98 Å². The van der Waals surface area contributed by atoms with Crippen molar-refractivity contribution in [1.29, 1.82) is 0 Å². The molecule has 2 nitrogen and oxygen atoms in total. The van der Waals surface area contributed by atoms with E-state index in [0.29, 0.717) is 0 Å². The third-order valence-corrected chi connectivity index (χ3v) is 4.07. The Bertz CT molecular complexity index is 919. The first-order valence-electron chi connectivity index (χ1n) is 8.16. The Balaban J connectivity index is 0.00000182. The zero-order valence-electron chi connectivity index (χ0n) is 13.3. The van der Waals surface area contributed by atoms with Gasteiger partial charge in [0.1, 0.15) is 5.82 Å². The lowest BCUT2D eigenvalue weighted by molar-refractivity contribution is 1.30. The molecule has 0 aliphatic heterocycles. The molecular formula is C22H20N2. The molecule has 3 aromatic rings. The molecule has 0 saturated carbocycles. The lowest BCUT2D eigenvalue weighted by Crippen LogP contribution is -1.86. The highest BCUT2D eigenvalue weighted by molar-refractivity contribution is 5.84. The van der Waals surface area contributed by atoms with E-state index >= 15 is 0 Å². The summed E-state index contributed by atoms with van der Waals surface area (Å²) in [6, 6.07) is 20.6. The number of imidazole rings is 1. The Morgan fingerprint density at radius 1 is 0.833 bits per heavy atom. The molecule has 1 heterocycles. The average molecular weight is 312 g/mol. The summed E-state index contributed by atoms with van der Waals surface area (Å²) in [5.74, 6) is 0.895. The molecule has 0 saturated heterocycles. The van der Waals surface area contributed by atoms with Gasteiger partial charge in [0.2, 0.25) is 0 Å². The van der Waals surface area contributed by atoms with Crippen LogP contribution >= 0.6 is 0 Å². The van der Waals surface area contributed by atoms with Crippen LogP contribution in [-0.2, 0) is 0 Å². The number of rotatable bonds is 3. The predicted octanol–water partition coefficient (Wildman–Crippen LogP) is 5.89. The summed E-state index contributed by atoms with van der Waals surface area (Å²) in [5.41, 5.74) is 5.41. The quantitative estimate of drug-likeness (QED) is 0.642. The second kappa shape index (κ2) is 6.55. The maximum Gasteiger partial charge on any atom is 0.138 e. The Hall–Kier alpha value is -3.13. The van der Waals surface area contributed by atoms with Gasteiger partial charge in [0, 0.05) is 18.1 Å². The maximum absolute atomic E-state index is 4.91. The van der Waals surface area contributed by atoms with Gasteiger partial charge in [0.05, 0.1) is 11.4 Å². The number of aromatic nitrogens is 2. The maximum atomic E-state index is 4.91. The fourth-order valence-electron chi connectivity index (χ4n) is 2.87. The molecule has 1 aliphatic carbocycles. The van der Waals surface area contributed by atoms with E-state index in [1.165, 1.54) is 0 Å². The van der Waals surface area contributed by atoms with Crippen LogP contribution in [0.1, 0.15) is 13.5 Å². The molecule has 2 heteroatoms. The minimum atomic E-state index is 0. The number of allylic oxidation sites excluding steroid dienone is 6. The molecule has 0 atom stereocenters. The zero-order valence-corrected chi connectivity index (χ0v) is 13.3. The first-order chi connectivity index (χ1) is 11.9. The van der Waals surface area contributed by atoms with Crippen molar-refractivity contribution in [3.63, 3.8) is 0 Å². The van der Waals surface area contributed by atoms with Gasteiger partial charge >= 0.3 is 0 Å². The van der Waals surface area contributed by atoms with Crippen molar-refractivity contribution in [3.05, 3.63) is 96.7 Å². The van der Waals surface area contributed by atoms with E-state index in [-0.39, 0.29) is 1.43 Å². The molecular weight excluding hydrogens is 292 g/mol. The number of aromatic amines is 1. The third kappa shape index (κ3) is 2.86. The van der Waals surface area contributed by atoms with E-state index in [1.807, 2.05) is 24.3 Å². The number of nitrogens with one attached hydrogen (secondary N) is 1. The molecule has 0 amide bonds. The normalized spacial score (nSPS) is 13.6. The number of nitrogens with zero attached hydrogens (tertiary/aromatic N) is 1. The largest absolute Gasteiger partial charge is 0.337 e. The van der Waals surface area contributed by atoms with Crippen molar-refractivity contribution in [3.8, 4) is 22.6 Å². The van der Waals surface area contributed by atoms with Gasteiger partial charge in [-0.25, -0.2) is 4.98 Å². The minimum Gasteiger partial charge on any atom is -0.337 e. The number of hydrogen-bond donors (Lipinski definition) is 1. The van der Waals surface area contributed by atoms with Crippen LogP contribution in [0, 0.1) is 0 Å². The summed E-state index contributed by atoms with van der Waals surface area (Å²) in [7, 11) is 0. The molecule has 24 heavy (non-hydrogen) atoms. The van der Waals surface area contributed by atoms with Crippen LogP contribution in [0.4, 0.5) is 0 Å². The topological polar surface area (TPSA) is 28.7 Å².